The summed E-state index contributed by atoms with van der Waals surface area (Å²) in [5, 5.41) is 6.55. The smallest absolute Gasteiger partial charge is 0.214 e. The first-order chi connectivity index (χ1) is 13.6. The van der Waals surface area contributed by atoms with E-state index in [2.05, 4.69) is 25.5 Å². The summed E-state index contributed by atoms with van der Waals surface area (Å²) in [6, 6.07) is 6.78. The van der Waals surface area contributed by atoms with Crippen LogP contribution in [0, 0.1) is 19.7 Å². The highest BCUT2D eigenvalue weighted by Gasteiger charge is 2.23. The Morgan fingerprint density at radius 2 is 2.03 bits per heavy atom. The SMILES string of the molecule is CN=C(NCc1nc(C)c(C)o1)NCC(c1cccc(F)c1)N1CCOCC1.I. The lowest BCUT2D eigenvalue weighted by atomic mass is 10.0. The zero-order chi connectivity index (χ0) is 19.9. The van der Waals surface area contributed by atoms with Crippen LogP contribution in [0.1, 0.15) is 29.0 Å². The molecule has 1 aliphatic rings. The lowest BCUT2D eigenvalue weighted by molar-refractivity contribution is 0.0169. The van der Waals surface area contributed by atoms with Gasteiger partial charge in [-0.15, -0.1) is 24.0 Å². The number of nitrogens with one attached hydrogen (secondary N) is 2. The molecule has 0 saturated carbocycles. The normalized spacial score (nSPS) is 16.2. The van der Waals surface area contributed by atoms with E-state index in [1.54, 1.807) is 19.2 Å². The van der Waals surface area contributed by atoms with Gasteiger partial charge in [0.1, 0.15) is 11.6 Å². The van der Waals surface area contributed by atoms with Crippen molar-refractivity contribution < 1.29 is 13.5 Å². The summed E-state index contributed by atoms with van der Waals surface area (Å²) in [6.07, 6.45) is 0. The highest BCUT2D eigenvalue weighted by atomic mass is 127. The van der Waals surface area contributed by atoms with Gasteiger partial charge in [0, 0.05) is 26.7 Å². The first-order valence-corrected chi connectivity index (χ1v) is 9.51. The second-order valence-electron chi connectivity index (χ2n) is 6.78. The van der Waals surface area contributed by atoms with Crippen molar-refractivity contribution in [3.8, 4) is 0 Å². The minimum Gasteiger partial charge on any atom is -0.444 e. The molecule has 7 nitrogen and oxygen atoms in total. The van der Waals surface area contributed by atoms with Gasteiger partial charge < -0.3 is 19.8 Å². The molecule has 1 fully saturated rings. The molecular weight excluding hydrogens is 488 g/mol. The van der Waals surface area contributed by atoms with Crippen molar-refractivity contribution in [2.75, 3.05) is 39.9 Å². The van der Waals surface area contributed by atoms with E-state index in [0.717, 1.165) is 30.1 Å². The molecule has 1 aliphatic heterocycles. The molecule has 2 heterocycles. The van der Waals surface area contributed by atoms with E-state index in [4.69, 9.17) is 9.15 Å². The molecular formula is C20H29FIN5O2. The fraction of sp³-hybridized carbons (Fsp3) is 0.500. The number of guanidine groups is 1. The summed E-state index contributed by atoms with van der Waals surface area (Å²) in [7, 11) is 1.72. The lowest BCUT2D eigenvalue weighted by Crippen LogP contribution is -2.46. The van der Waals surface area contributed by atoms with Crippen LogP contribution >= 0.6 is 24.0 Å². The Balaban J connectivity index is 0.00000300. The van der Waals surface area contributed by atoms with Gasteiger partial charge in [-0.25, -0.2) is 9.37 Å². The maximum atomic E-state index is 13.8. The van der Waals surface area contributed by atoms with Gasteiger partial charge in [0.05, 0.1) is 31.5 Å². The number of hydrogen-bond acceptors (Lipinski definition) is 5. The highest BCUT2D eigenvalue weighted by molar-refractivity contribution is 14.0. The quantitative estimate of drug-likeness (QED) is 0.349. The van der Waals surface area contributed by atoms with Crippen molar-refractivity contribution in [2.45, 2.75) is 26.4 Å². The predicted octanol–water partition coefficient (Wildman–Crippen LogP) is 2.79. The van der Waals surface area contributed by atoms with E-state index in [1.165, 1.54) is 6.07 Å². The summed E-state index contributed by atoms with van der Waals surface area (Å²) < 4.78 is 24.8. The number of ether oxygens (including phenoxy) is 1. The second-order valence-corrected chi connectivity index (χ2v) is 6.78. The summed E-state index contributed by atoms with van der Waals surface area (Å²) in [4.78, 5) is 10.9. The van der Waals surface area contributed by atoms with Crippen LogP contribution in [-0.4, -0.2) is 55.7 Å². The molecule has 0 spiro atoms. The Hall–Kier alpha value is -1.72. The molecule has 1 aromatic carbocycles. The van der Waals surface area contributed by atoms with Crippen LogP contribution in [0.4, 0.5) is 4.39 Å². The highest BCUT2D eigenvalue weighted by Crippen LogP contribution is 2.22. The van der Waals surface area contributed by atoms with Crippen LogP contribution in [0.15, 0.2) is 33.7 Å². The van der Waals surface area contributed by atoms with Crippen LogP contribution in [0.2, 0.25) is 0 Å². The van der Waals surface area contributed by atoms with Crippen molar-refractivity contribution >= 4 is 29.9 Å². The monoisotopic (exact) mass is 517 g/mol. The third-order valence-electron chi connectivity index (χ3n) is 4.89. The number of benzene rings is 1. The van der Waals surface area contributed by atoms with Gasteiger partial charge >= 0.3 is 0 Å². The number of oxazole rings is 1. The minimum atomic E-state index is -0.229. The maximum absolute atomic E-state index is 13.8. The van der Waals surface area contributed by atoms with Crippen molar-refractivity contribution in [2.24, 2.45) is 4.99 Å². The van der Waals surface area contributed by atoms with Crippen LogP contribution in [0.3, 0.4) is 0 Å². The van der Waals surface area contributed by atoms with Gasteiger partial charge in [0.15, 0.2) is 5.96 Å². The number of rotatable bonds is 6. The van der Waals surface area contributed by atoms with Crippen LogP contribution in [0.25, 0.3) is 0 Å². The molecule has 2 aromatic rings. The number of aliphatic imine (C=N–C) groups is 1. The van der Waals surface area contributed by atoms with Crippen molar-refractivity contribution in [1.29, 1.82) is 0 Å². The molecule has 0 bridgehead atoms. The molecule has 3 rings (SSSR count). The number of morpholine rings is 1. The Kier molecular flexibility index (Phi) is 9.31. The number of aryl methyl sites for hydroxylation is 2. The Morgan fingerprint density at radius 1 is 1.28 bits per heavy atom. The molecule has 1 unspecified atom stereocenters. The van der Waals surface area contributed by atoms with Gasteiger partial charge in [-0.2, -0.15) is 0 Å². The molecule has 1 atom stereocenters. The zero-order valence-corrected chi connectivity index (χ0v) is 19.4. The minimum absolute atomic E-state index is 0. The predicted molar refractivity (Wildman–Crippen MR) is 121 cm³/mol. The molecule has 0 amide bonds. The standard InChI is InChI=1S/C20H28FN5O2.HI/c1-14-15(2)28-19(25-14)13-24-20(22-3)23-12-18(26-7-9-27-10-8-26)16-5-4-6-17(21)11-16;/h4-6,11,18H,7-10,12-13H2,1-3H3,(H2,22,23,24);1H. The zero-order valence-electron chi connectivity index (χ0n) is 17.1. The summed E-state index contributed by atoms with van der Waals surface area (Å²) in [5.74, 6) is 1.85. The summed E-state index contributed by atoms with van der Waals surface area (Å²) in [6.45, 7) is 7.83. The first-order valence-electron chi connectivity index (χ1n) is 9.51. The molecule has 2 N–H and O–H groups in total. The van der Waals surface area contributed by atoms with E-state index >= 15 is 0 Å². The van der Waals surface area contributed by atoms with Crippen LogP contribution < -0.4 is 10.6 Å². The van der Waals surface area contributed by atoms with Crippen molar-refractivity contribution in [1.82, 2.24) is 20.5 Å². The summed E-state index contributed by atoms with van der Waals surface area (Å²) >= 11 is 0. The second kappa shape index (κ2) is 11.5. The van der Waals surface area contributed by atoms with Gasteiger partial charge in [0.2, 0.25) is 5.89 Å². The number of halogens is 2. The molecule has 1 saturated heterocycles. The van der Waals surface area contributed by atoms with Crippen LogP contribution in [0.5, 0.6) is 0 Å². The first kappa shape index (κ1) is 23.6. The van der Waals surface area contributed by atoms with E-state index < -0.39 is 0 Å². The topological polar surface area (TPSA) is 74.9 Å². The number of hydrogen-bond donors (Lipinski definition) is 2. The Morgan fingerprint density at radius 3 is 2.66 bits per heavy atom. The third-order valence-corrected chi connectivity index (χ3v) is 4.89. The number of nitrogens with zero attached hydrogens (tertiary/aromatic N) is 3. The average molecular weight is 517 g/mol. The largest absolute Gasteiger partial charge is 0.444 e. The Labute approximate surface area is 188 Å². The Bertz CT molecular complexity index is 788. The van der Waals surface area contributed by atoms with Gasteiger partial charge in [-0.05, 0) is 31.5 Å². The third kappa shape index (κ3) is 6.65. The molecule has 0 aliphatic carbocycles. The average Bonchev–Trinajstić information content (AvgIpc) is 3.03. The van der Waals surface area contributed by atoms with Gasteiger partial charge in [0.25, 0.3) is 0 Å². The van der Waals surface area contributed by atoms with E-state index in [0.29, 0.717) is 38.2 Å². The molecule has 1 aromatic heterocycles. The summed E-state index contributed by atoms with van der Waals surface area (Å²) in [5.41, 5.74) is 1.82. The van der Waals surface area contributed by atoms with Crippen molar-refractivity contribution in [3.05, 3.63) is 53.0 Å². The molecule has 0 radical (unpaired) electrons. The molecule has 160 valence electrons. The fourth-order valence-corrected chi connectivity index (χ4v) is 3.25. The van der Waals surface area contributed by atoms with E-state index in [9.17, 15) is 4.39 Å². The van der Waals surface area contributed by atoms with Crippen molar-refractivity contribution in [3.63, 3.8) is 0 Å². The van der Waals surface area contributed by atoms with Gasteiger partial charge in [-0.1, -0.05) is 12.1 Å². The lowest BCUT2D eigenvalue weighted by Gasteiger charge is -2.35. The maximum Gasteiger partial charge on any atom is 0.214 e. The van der Waals surface area contributed by atoms with E-state index in [-0.39, 0.29) is 35.8 Å². The molecule has 9 heteroatoms. The fourth-order valence-electron chi connectivity index (χ4n) is 3.25. The van der Waals surface area contributed by atoms with Crippen LogP contribution in [-0.2, 0) is 11.3 Å². The molecule has 29 heavy (non-hydrogen) atoms. The van der Waals surface area contributed by atoms with Gasteiger partial charge in [-0.3, -0.25) is 9.89 Å². The van der Waals surface area contributed by atoms with E-state index in [1.807, 2.05) is 19.9 Å². The number of aromatic nitrogens is 1.